The van der Waals surface area contributed by atoms with E-state index in [1.165, 1.54) is 0 Å². The summed E-state index contributed by atoms with van der Waals surface area (Å²) in [6, 6.07) is 0. The molecule has 0 saturated heterocycles. The molecule has 2 radical (unpaired) electrons. The summed E-state index contributed by atoms with van der Waals surface area (Å²) in [4.78, 5) is -1.13. The Hall–Kier alpha value is 1.48. The number of hydrogen-bond donors (Lipinski definition) is 0. The lowest BCUT2D eigenvalue weighted by atomic mass is 10.0. The molecule has 1 fully saturated rings. The van der Waals surface area contributed by atoms with Crippen LogP contribution in [0.3, 0.4) is 0 Å². The van der Waals surface area contributed by atoms with Crippen molar-refractivity contribution in [3.05, 3.63) is 17.0 Å². The van der Waals surface area contributed by atoms with Crippen molar-refractivity contribution in [1.29, 1.82) is 0 Å². The third-order valence-corrected chi connectivity index (χ3v) is 6.24. The monoisotopic (exact) mass is 296 g/mol. The van der Waals surface area contributed by atoms with Crippen LogP contribution in [0.1, 0.15) is 6.42 Å². The Bertz CT molecular complexity index is 293. The van der Waals surface area contributed by atoms with Crippen LogP contribution in [0.5, 0.6) is 0 Å². The number of halogens is 6. The van der Waals surface area contributed by atoms with E-state index in [0.29, 0.717) is 12.3 Å². The molecular weight excluding hydrogens is 297 g/mol. The molecule has 6 heteroatoms. The van der Waals surface area contributed by atoms with Gasteiger partial charge in [0.25, 0.3) is 0 Å². The maximum atomic E-state index is 6.14. The van der Waals surface area contributed by atoms with Gasteiger partial charge in [-0.15, -0.1) is 11.6 Å². The van der Waals surface area contributed by atoms with E-state index in [0.717, 1.165) is 0 Å². The van der Waals surface area contributed by atoms with E-state index in [9.17, 15) is 0 Å². The lowest BCUT2D eigenvalue weighted by Gasteiger charge is -2.38. The average Bonchev–Trinajstić information content (AvgIpc) is 2.34. The topological polar surface area (TPSA) is 0 Å². The van der Waals surface area contributed by atoms with Crippen molar-refractivity contribution in [1.82, 2.24) is 0 Å². The van der Waals surface area contributed by atoms with Gasteiger partial charge in [-0.1, -0.05) is 58.0 Å². The molecule has 72 valence electrons. The van der Waals surface area contributed by atoms with Crippen molar-refractivity contribution < 1.29 is 0 Å². The molecule has 1 atom stereocenters. The van der Waals surface area contributed by atoms with Gasteiger partial charge in [-0.05, 0) is 12.5 Å². The number of allylic oxidation sites excluding steroid dienone is 2. The van der Waals surface area contributed by atoms with Crippen molar-refractivity contribution in [3.8, 4) is 0 Å². The zero-order valence-electron chi connectivity index (χ0n) is 5.97. The van der Waals surface area contributed by atoms with Gasteiger partial charge >= 0.3 is 0 Å². The fraction of sp³-hybridized carbons (Fsp3) is 0.571. The molecule has 1 unspecified atom stereocenters. The van der Waals surface area contributed by atoms with Gasteiger partial charge in [0.05, 0.1) is 0 Å². The molecule has 0 aromatic carbocycles. The molecule has 2 bridgehead atoms. The lowest BCUT2D eigenvalue weighted by Crippen LogP contribution is -2.48. The lowest BCUT2D eigenvalue weighted by molar-refractivity contribution is 0.661. The molecule has 2 aliphatic carbocycles. The fourth-order valence-electron chi connectivity index (χ4n) is 1.47. The van der Waals surface area contributed by atoms with E-state index < -0.39 is 13.5 Å². The number of rotatable bonds is 0. The predicted molar refractivity (Wildman–Crippen MR) is 57.9 cm³/mol. The molecule has 0 spiro atoms. The Kier molecular flexibility index (Phi) is 2.35. The minimum Gasteiger partial charge on any atom is -0.110 e. The van der Waals surface area contributed by atoms with Gasteiger partial charge in [0.1, 0.15) is 4.87 Å². The van der Waals surface area contributed by atoms with Crippen LogP contribution < -0.4 is 0 Å². The van der Waals surface area contributed by atoms with E-state index in [1.54, 1.807) is 0 Å². The van der Waals surface area contributed by atoms with E-state index >= 15 is 0 Å². The van der Waals surface area contributed by atoms with Gasteiger partial charge in [-0.2, -0.15) is 0 Å². The van der Waals surface area contributed by atoms with Gasteiger partial charge in [-0.25, -0.2) is 0 Å². The Balaban J connectivity index is 2.58. The van der Waals surface area contributed by atoms with Gasteiger partial charge in [0.15, 0.2) is 8.67 Å². The summed E-state index contributed by atoms with van der Waals surface area (Å²) in [7, 11) is 0. The maximum Gasteiger partial charge on any atom is 0.175 e. The molecule has 0 aliphatic heterocycles. The number of hydrogen-bond acceptors (Lipinski definition) is 0. The van der Waals surface area contributed by atoms with Crippen LogP contribution in [0.25, 0.3) is 0 Å². The van der Waals surface area contributed by atoms with Gasteiger partial charge in [0, 0.05) is 11.0 Å². The first-order valence-corrected chi connectivity index (χ1v) is 5.61. The molecule has 2 rings (SSSR count). The predicted octanol–water partition coefficient (Wildman–Crippen LogP) is 4.23. The Morgan fingerprint density at radius 2 is 1.62 bits per heavy atom. The highest BCUT2D eigenvalue weighted by Crippen LogP contribution is 2.71. The minimum atomic E-state index is -1.51. The number of alkyl halides is 5. The molecular formula is C7H2Cl6. The second-order valence-electron chi connectivity index (χ2n) is 3.04. The normalized spacial score (nSPS) is 40.9. The summed E-state index contributed by atoms with van der Waals surface area (Å²) in [5, 5.41) is 0.270. The van der Waals surface area contributed by atoms with Gasteiger partial charge in [-0.3, -0.25) is 0 Å². The highest BCUT2D eigenvalue weighted by molar-refractivity contribution is 6.68. The van der Waals surface area contributed by atoms with Crippen molar-refractivity contribution in [2.75, 3.05) is 0 Å². The number of fused-ring (bicyclic) bond motifs is 2. The highest BCUT2D eigenvalue weighted by Gasteiger charge is 2.74. The van der Waals surface area contributed by atoms with E-state index in [4.69, 9.17) is 69.6 Å². The highest BCUT2D eigenvalue weighted by atomic mass is 35.5. The standard InChI is InChI=1S/C7H2Cl6/c8-4-1-3-2-5(4,9)7(12,13)6(3,10)11/h2H2. The van der Waals surface area contributed by atoms with Crippen molar-refractivity contribution in [2.24, 2.45) is 0 Å². The van der Waals surface area contributed by atoms with Crippen molar-refractivity contribution in [2.45, 2.75) is 20.0 Å². The third kappa shape index (κ3) is 1.08. The summed E-state index contributed by atoms with van der Waals surface area (Å²) >= 11 is 35.9. The molecule has 13 heavy (non-hydrogen) atoms. The van der Waals surface area contributed by atoms with Crippen LogP contribution in [0.2, 0.25) is 0 Å². The molecule has 0 aromatic heterocycles. The minimum absolute atomic E-state index is 0.270. The Morgan fingerprint density at radius 1 is 1.08 bits per heavy atom. The second kappa shape index (κ2) is 2.78. The zero-order valence-corrected chi connectivity index (χ0v) is 10.5. The van der Waals surface area contributed by atoms with Crippen LogP contribution in [0.4, 0.5) is 0 Å². The summed E-state index contributed by atoms with van der Waals surface area (Å²) in [6.07, 6.45) is 3.11. The first-order valence-electron chi connectivity index (χ1n) is 3.34. The van der Waals surface area contributed by atoms with E-state index in [2.05, 4.69) is 6.08 Å². The first-order chi connectivity index (χ1) is 5.73. The molecule has 2 aliphatic rings. The molecule has 0 heterocycles. The SMILES string of the molecule is ClC1=[C][C]2CC1(Cl)C(Cl)(Cl)C2(Cl)Cl. The second-order valence-corrected chi connectivity index (χ2v) is 6.72. The first kappa shape index (κ1) is 11.0. The quantitative estimate of drug-likeness (QED) is 0.587. The summed E-state index contributed by atoms with van der Waals surface area (Å²) < 4.78 is -2.92. The van der Waals surface area contributed by atoms with Crippen molar-refractivity contribution >= 4 is 69.6 Å². The molecule has 0 aromatic rings. The van der Waals surface area contributed by atoms with Gasteiger partial charge in [0.2, 0.25) is 0 Å². The molecule has 1 saturated carbocycles. The van der Waals surface area contributed by atoms with Crippen LogP contribution >= 0.6 is 69.6 Å². The fourth-order valence-corrected chi connectivity index (χ4v) is 3.41. The maximum absolute atomic E-state index is 6.14. The van der Waals surface area contributed by atoms with Crippen LogP contribution in [0.15, 0.2) is 5.03 Å². The summed E-state index contributed by atoms with van der Waals surface area (Å²) in [5.74, 6) is 0.542. The zero-order chi connectivity index (χ0) is 10.1. The average molecular weight is 299 g/mol. The van der Waals surface area contributed by atoms with E-state index in [-0.39, 0.29) is 5.03 Å². The molecule has 0 nitrogen and oxygen atoms in total. The largest absolute Gasteiger partial charge is 0.175 e. The summed E-state index contributed by atoms with van der Waals surface area (Å²) in [5.41, 5.74) is 0. The smallest absolute Gasteiger partial charge is 0.110 e. The molecule has 0 amide bonds. The van der Waals surface area contributed by atoms with Crippen LogP contribution in [-0.4, -0.2) is 13.5 Å². The van der Waals surface area contributed by atoms with Crippen LogP contribution in [0, 0.1) is 12.0 Å². The Morgan fingerprint density at radius 3 is 1.92 bits per heavy atom. The molecule has 0 N–H and O–H groups in total. The van der Waals surface area contributed by atoms with E-state index in [1.807, 2.05) is 0 Å². The third-order valence-electron chi connectivity index (χ3n) is 2.30. The van der Waals surface area contributed by atoms with Crippen molar-refractivity contribution in [3.63, 3.8) is 0 Å². The van der Waals surface area contributed by atoms with Gasteiger partial charge < -0.3 is 0 Å². The Labute approximate surface area is 106 Å². The van der Waals surface area contributed by atoms with Crippen LogP contribution in [-0.2, 0) is 0 Å². The summed E-state index contributed by atoms with van der Waals surface area (Å²) in [6.45, 7) is 0.